The smallest absolute Gasteiger partial charge is 0.0797 e. The second-order valence-electron chi connectivity index (χ2n) is 6.61. The fourth-order valence-corrected chi connectivity index (χ4v) is 3.92. The lowest BCUT2D eigenvalue weighted by Gasteiger charge is -2.32. The Balaban J connectivity index is 2.30. The van der Waals surface area contributed by atoms with Gasteiger partial charge in [0.25, 0.3) is 0 Å². The molecule has 1 heterocycles. The van der Waals surface area contributed by atoms with Crippen LogP contribution in [0.15, 0.2) is 39.3 Å². The van der Waals surface area contributed by atoms with Crippen molar-refractivity contribution < 1.29 is 0 Å². The first kappa shape index (κ1) is 18.3. The van der Waals surface area contributed by atoms with E-state index in [9.17, 15) is 0 Å². The van der Waals surface area contributed by atoms with Gasteiger partial charge in [-0.25, -0.2) is 0 Å². The summed E-state index contributed by atoms with van der Waals surface area (Å²) in [5.74, 6) is 1.02. The third-order valence-electron chi connectivity index (χ3n) is 4.59. The lowest BCUT2D eigenvalue weighted by atomic mass is 9.83. The molecule has 1 unspecified atom stereocenters. The standard InChI is InChI=1S/C20H30N2S/c1-5-8-9-10-11-15-14-20(4,6-2)22-19-17(15)12-16(21)13-18(19)23-7-3/h12-14,21H,5-11H2,1-4H3. The lowest BCUT2D eigenvalue weighted by Crippen LogP contribution is -2.29. The normalized spacial score (nSPS) is 23.7. The third-order valence-corrected chi connectivity index (χ3v) is 5.50. The molecule has 0 aromatic carbocycles. The summed E-state index contributed by atoms with van der Waals surface area (Å²) in [6.45, 7) is 8.86. The van der Waals surface area contributed by atoms with Gasteiger partial charge in [-0.3, -0.25) is 4.99 Å². The molecular formula is C20H30N2S. The van der Waals surface area contributed by atoms with Crippen molar-refractivity contribution in [3.63, 3.8) is 0 Å². The lowest BCUT2D eigenvalue weighted by molar-refractivity contribution is 0.555. The SMILES string of the molecule is CCCCCCC1=CC(C)(CC)N=C2C(SCC)=CC(=N)C=C12. The Bertz CT molecular complexity index is 580. The number of thioether (sulfide) groups is 1. The summed E-state index contributed by atoms with van der Waals surface area (Å²) in [7, 11) is 0. The minimum atomic E-state index is -0.0975. The number of hydrogen-bond donors (Lipinski definition) is 1. The molecule has 2 aliphatic rings. The first-order valence-corrected chi connectivity index (χ1v) is 9.99. The predicted molar refractivity (Wildman–Crippen MR) is 105 cm³/mol. The van der Waals surface area contributed by atoms with Crippen LogP contribution in [0.5, 0.6) is 0 Å². The molecule has 1 atom stereocenters. The van der Waals surface area contributed by atoms with Crippen LogP contribution < -0.4 is 0 Å². The van der Waals surface area contributed by atoms with Gasteiger partial charge in [0.2, 0.25) is 0 Å². The molecule has 0 spiro atoms. The van der Waals surface area contributed by atoms with Crippen LogP contribution in [0.4, 0.5) is 0 Å². The van der Waals surface area contributed by atoms with E-state index >= 15 is 0 Å². The van der Waals surface area contributed by atoms with Crippen LogP contribution in [0, 0.1) is 5.41 Å². The first-order valence-electron chi connectivity index (χ1n) is 9.00. The zero-order valence-electron chi connectivity index (χ0n) is 15.0. The summed E-state index contributed by atoms with van der Waals surface area (Å²) < 4.78 is 0. The fraction of sp³-hybridized carbons (Fsp3) is 0.600. The Kier molecular flexibility index (Phi) is 6.46. The topological polar surface area (TPSA) is 36.2 Å². The van der Waals surface area contributed by atoms with Gasteiger partial charge < -0.3 is 5.41 Å². The number of rotatable bonds is 8. The zero-order valence-corrected chi connectivity index (χ0v) is 15.9. The Labute approximate surface area is 145 Å². The quantitative estimate of drug-likeness (QED) is 0.423. The highest BCUT2D eigenvalue weighted by molar-refractivity contribution is 8.04. The maximum absolute atomic E-state index is 8.15. The number of hydrogen-bond acceptors (Lipinski definition) is 3. The Morgan fingerprint density at radius 2 is 1.91 bits per heavy atom. The average molecular weight is 331 g/mol. The van der Waals surface area contributed by atoms with E-state index in [1.165, 1.54) is 41.7 Å². The van der Waals surface area contributed by atoms with Gasteiger partial charge in [-0.2, -0.15) is 0 Å². The van der Waals surface area contributed by atoms with Crippen LogP contribution >= 0.6 is 11.8 Å². The summed E-state index contributed by atoms with van der Waals surface area (Å²) in [4.78, 5) is 6.24. The molecule has 2 rings (SSSR count). The number of fused-ring (bicyclic) bond motifs is 1. The van der Waals surface area contributed by atoms with Gasteiger partial charge in [0.1, 0.15) is 0 Å². The van der Waals surface area contributed by atoms with Gasteiger partial charge in [0.05, 0.1) is 17.0 Å². The number of dihydropyridines is 1. The molecule has 0 aromatic rings. The maximum Gasteiger partial charge on any atom is 0.0797 e. The van der Waals surface area contributed by atoms with E-state index in [2.05, 4.69) is 33.8 Å². The molecule has 0 saturated heterocycles. The van der Waals surface area contributed by atoms with E-state index < -0.39 is 0 Å². The molecule has 126 valence electrons. The molecule has 0 radical (unpaired) electrons. The number of allylic oxidation sites excluding steroid dienone is 5. The van der Waals surface area contributed by atoms with E-state index in [4.69, 9.17) is 10.4 Å². The number of unbranched alkanes of at least 4 members (excludes halogenated alkanes) is 3. The largest absolute Gasteiger partial charge is 0.301 e. The molecule has 1 N–H and O–H groups in total. The predicted octanol–water partition coefficient (Wildman–Crippen LogP) is 6.10. The summed E-state index contributed by atoms with van der Waals surface area (Å²) in [6.07, 6.45) is 13.6. The van der Waals surface area contributed by atoms with Crippen molar-refractivity contribution in [2.45, 2.75) is 71.8 Å². The minimum Gasteiger partial charge on any atom is -0.301 e. The van der Waals surface area contributed by atoms with E-state index in [0.717, 1.165) is 24.3 Å². The van der Waals surface area contributed by atoms with Gasteiger partial charge in [-0.05, 0) is 49.7 Å². The monoisotopic (exact) mass is 330 g/mol. The van der Waals surface area contributed by atoms with Gasteiger partial charge in [-0.15, -0.1) is 11.8 Å². The van der Waals surface area contributed by atoms with E-state index in [1.807, 2.05) is 23.9 Å². The molecule has 0 aromatic heterocycles. The van der Waals surface area contributed by atoms with Crippen LogP contribution in [0.2, 0.25) is 0 Å². The van der Waals surface area contributed by atoms with Crippen LogP contribution in [0.1, 0.15) is 66.2 Å². The Morgan fingerprint density at radius 1 is 1.13 bits per heavy atom. The van der Waals surface area contributed by atoms with Crippen LogP contribution in [-0.2, 0) is 0 Å². The van der Waals surface area contributed by atoms with E-state index in [0.29, 0.717) is 5.71 Å². The highest BCUT2D eigenvalue weighted by atomic mass is 32.2. The van der Waals surface area contributed by atoms with Gasteiger partial charge in [0.15, 0.2) is 0 Å². The Hall–Kier alpha value is -1.09. The second-order valence-corrected chi connectivity index (χ2v) is 7.91. The zero-order chi connectivity index (χ0) is 16.9. The molecule has 0 saturated carbocycles. The van der Waals surface area contributed by atoms with Crippen molar-refractivity contribution in [1.29, 1.82) is 5.41 Å². The third kappa shape index (κ3) is 4.47. The summed E-state index contributed by atoms with van der Waals surface area (Å²) in [5.41, 5.74) is 4.25. The molecule has 1 aliphatic carbocycles. The maximum atomic E-state index is 8.15. The Morgan fingerprint density at radius 3 is 2.57 bits per heavy atom. The molecule has 1 aliphatic heterocycles. The molecular weight excluding hydrogens is 300 g/mol. The van der Waals surface area contributed by atoms with Crippen LogP contribution in [-0.4, -0.2) is 22.7 Å². The molecule has 0 bridgehead atoms. The van der Waals surface area contributed by atoms with E-state index in [-0.39, 0.29) is 5.54 Å². The van der Waals surface area contributed by atoms with Crippen molar-refractivity contribution in [2.24, 2.45) is 4.99 Å². The molecule has 0 fully saturated rings. The number of nitrogens with one attached hydrogen (secondary N) is 1. The van der Waals surface area contributed by atoms with Crippen molar-refractivity contribution in [1.82, 2.24) is 0 Å². The molecule has 23 heavy (non-hydrogen) atoms. The van der Waals surface area contributed by atoms with E-state index in [1.54, 1.807) is 0 Å². The van der Waals surface area contributed by atoms with Crippen molar-refractivity contribution in [2.75, 3.05) is 5.75 Å². The summed E-state index contributed by atoms with van der Waals surface area (Å²) >= 11 is 1.81. The van der Waals surface area contributed by atoms with Crippen molar-refractivity contribution in [3.05, 3.63) is 34.3 Å². The van der Waals surface area contributed by atoms with Gasteiger partial charge in [0, 0.05) is 10.5 Å². The minimum absolute atomic E-state index is 0.0975. The van der Waals surface area contributed by atoms with Crippen molar-refractivity contribution >= 4 is 23.2 Å². The fourth-order valence-electron chi connectivity index (χ4n) is 3.10. The first-order chi connectivity index (χ1) is 11.0. The van der Waals surface area contributed by atoms with Gasteiger partial charge in [-0.1, -0.05) is 46.1 Å². The van der Waals surface area contributed by atoms with Crippen LogP contribution in [0.25, 0.3) is 0 Å². The molecule has 0 amide bonds. The van der Waals surface area contributed by atoms with Gasteiger partial charge >= 0.3 is 0 Å². The summed E-state index contributed by atoms with van der Waals surface area (Å²) in [6, 6.07) is 0. The highest BCUT2D eigenvalue weighted by Crippen LogP contribution is 2.38. The molecule has 2 nitrogen and oxygen atoms in total. The highest BCUT2D eigenvalue weighted by Gasteiger charge is 2.31. The van der Waals surface area contributed by atoms with Crippen LogP contribution in [0.3, 0.4) is 0 Å². The number of nitrogens with zero attached hydrogens (tertiary/aromatic N) is 1. The van der Waals surface area contributed by atoms with Crippen molar-refractivity contribution in [3.8, 4) is 0 Å². The molecule has 3 heteroatoms. The number of aliphatic imine (C=N–C) groups is 1. The second kappa shape index (κ2) is 8.14. The average Bonchev–Trinajstić information content (AvgIpc) is 2.53. The summed E-state index contributed by atoms with van der Waals surface area (Å²) in [5, 5.41) is 8.15.